The Morgan fingerprint density at radius 3 is 2.67 bits per heavy atom. The summed E-state index contributed by atoms with van der Waals surface area (Å²) in [6.45, 7) is 8.93. The highest BCUT2D eigenvalue weighted by Crippen LogP contribution is 2.35. The molecular weight excluding hydrogens is 492 g/mol. The summed E-state index contributed by atoms with van der Waals surface area (Å²) in [4.78, 5) is 35.4. The third-order valence-corrected chi connectivity index (χ3v) is 7.90. The molecule has 3 aromatic rings. The van der Waals surface area contributed by atoms with Gasteiger partial charge >= 0.3 is 0 Å². The number of piperidine rings is 1. The Morgan fingerprint density at radius 1 is 1.28 bits per heavy atom. The van der Waals surface area contributed by atoms with Crippen molar-refractivity contribution < 1.29 is 9.53 Å². The molecule has 0 unspecified atom stereocenters. The van der Waals surface area contributed by atoms with Gasteiger partial charge in [-0.1, -0.05) is 18.2 Å². The molecule has 1 aromatic carbocycles. The van der Waals surface area contributed by atoms with Gasteiger partial charge in [0.05, 0.1) is 24.8 Å². The van der Waals surface area contributed by atoms with E-state index in [0.29, 0.717) is 28.5 Å². The summed E-state index contributed by atoms with van der Waals surface area (Å²) in [6.07, 6.45) is 5.58. The molecule has 9 nitrogen and oxygen atoms in total. The number of aromatic nitrogens is 2. The van der Waals surface area contributed by atoms with Crippen LogP contribution in [-0.4, -0.2) is 60.4 Å². The lowest BCUT2D eigenvalue weighted by molar-refractivity contribution is 0.0951. The molecule has 1 fully saturated rings. The molecule has 9 heteroatoms. The molecular formula is C30H40N6O3. The first kappa shape index (κ1) is 28.2. The second-order valence-electron chi connectivity index (χ2n) is 10.3. The van der Waals surface area contributed by atoms with Crippen LogP contribution >= 0.6 is 0 Å². The number of carbonyl (C=O) groups excluding carboxylic acids is 1. The van der Waals surface area contributed by atoms with Crippen LogP contribution in [-0.2, 0) is 6.54 Å². The zero-order chi connectivity index (χ0) is 28.1. The van der Waals surface area contributed by atoms with Crippen molar-refractivity contribution in [2.75, 3.05) is 33.8 Å². The number of nitrogens with one attached hydrogen (secondary N) is 2. The smallest absolute Gasteiger partial charge is 0.256 e. The van der Waals surface area contributed by atoms with E-state index in [1.54, 1.807) is 26.2 Å². The molecule has 2 aromatic heterocycles. The van der Waals surface area contributed by atoms with E-state index in [4.69, 9.17) is 10.5 Å². The number of para-hydroxylation sites is 1. The van der Waals surface area contributed by atoms with Crippen LogP contribution in [0.2, 0.25) is 0 Å². The van der Waals surface area contributed by atoms with Gasteiger partial charge in [0, 0.05) is 48.1 Å². The van der Waals surface area contributed by atoms with E-state index in [9.17, 15) is 9.59 Å². The number of ether oxygens (including phenoxy) is 1. The molecule has 1 amide bonds. The van der Waals surface area contributed by atoms with Crippen molar-refractivity contribution in [1.29, 1.82) is 0 Å². The Labute approximate surface area is 229 Å². The number of pyridine rings is 1. The predicted molar refractivity (Wildman–Crippen MR) is 157 cm³/mol. The van der Waals surface area contributed by atoms with Gasteiger partial charge in [-0.15, -0.1) is 0 Å². The maximum absolute atomic E-state index is 13.6. The molecule has 1 aliphatic rings. The number of rotatable bonds is 9. The number of methoxy groups -OCH3 is 1. The van der Waals surface area contributed by atoms with Crippen LogP contribution in [0.15, 0.2) is 51.9 Å². The average Bonchev–Trinajstić information content (AvgIpc) is 3.23. The highest BCUT2D eigenvalue weighted by molar-refractivity contribution is 6.08. The number of likely N-dealkylation sites (tertiary alicyclic amines) is 1. The van der Waals surface area contributed by atoms with Crippen molar-refractivity contribution in [3.8, 4) is 5.75 Å². The summed E-state index contributed by atoms with van der Waals surface area (Å²) in [7, 11) is 3.28. The highest BCUT2D eigenvalue weighted by Gasteiger charge is 2.29. The first-order valence-corrected chi connectivity index (χ1v) is 13.5. The average molecular weight is 533 g/mol. The van der Waals surface area contributed by atoms with E-state index in [0.717, 1.165) is 54.6 Å². The van der Waals surface area contributed by atoms with E-state index >= 15 is 0 Å². The van der Waals surface area contributed by atoms with Crippen LogP contribution in [0, 0.1) is 19.8 Å². The number of nitrogens with two attached hydrogens (primary N) is 1. The number of nitrogens with zero attached hydrogens (tertiary/aromatic N) is 3. The predicted octanol–water partition coefficient (Wildman–Crippen LogP) is 3.70. The monoisotopic (exact) mass is 532 g/mol. The minimum Gasteiger partial charge on any atom is -0.496 e. The number of amides is 1. The number of carbonyl (C=O) groups is 1. The van der Waals surface area contributed by atoms with Crippen LogP contribution in [0.1, 0.15) is 53.1 Å². The second kappa shape index (κ2) is 12.3. The third kappa shape index (κ3) is 5.93. The van der Waals surface area contributed by atoms with Gasteiger partial charge in [0.25, 0.3) is 11.5 Å². The summed E-state index contributed by atoms with van der Waals surface area (Å²) in [6, 6.07) is 10.0. The Morgan fingerprint density at radius 2 is 2.00 bits per heavy atom. The zero-order valence-electron chi connectivity index (χ0n) is 23.6. The van der Waals surface area contributed by atoms with Gasteiger partial charge in [-0.3, -0.25) is 19.5 Å². The van der Waals surface area contributed by atoms with Gasteiger partial charge in [0.1, 0.15) is 5.75 Å². The molecule has 4 N–H and O–H groups in total. The van der Waals surface area contributed by atoms with Crippen molar-refractivity contribution in [3.05, 3.63) is 75.0 Å². The zero-order valence-corrected chi connectivity index (χ0v) is 23.6. The van der Waals surface area contributed by atoms with Crippen molar-refractivity contribution in [1.82, 2.24) is 19.8 Å². The van der Waals surface area contributed by atoms with Crippen molar-refractivity contribution in [3.63, 3.8) is 0 Å². The molecule has 0 aliphatic carbocycles. The van der Waals surface area contributed by atoms with E-state index in [1.165, 1.54) is 7.11 Å². The Bertz CT molecular complexity index is 1440. The standard InChI is InChI=1S/C30H40N6O3/c1-19-14-27(39-5)25(29(37)34-19)17-33-30(38)28-21(3)36(26-9-7-6-8-24(26)28)20(2)23-10-12-35(13-11-23)18-22(15-31)16-32-4/h6-9,14-16,20,23H,10-13,17-18,31H2,1-5H3,(H,33,38)(H,34,37)/t20-/m1/s1. The summed E-state index contributed by atoms with van der Waals surface area (Å²) >= 11 is 0. The maximum atomic E-state index is 13.6. The van der Waals surface area contributed by atoms with Crippen molar-refractivity contribution >= 4 is 23.0 Å². The Kier molecular flexibility index (Phi) is 8.91. The first-order chi connectivity index (χ1) is 18.8. The molecule has 1 atom stereocenters. The van der Waals surface area contributed by atoms with Gasteiger partial charge in [-0.2, -0.15) is 0 Å². The SMILES string of the molecule is CN=CC(=CN)CN1CCC([C@@H](C)n2c(C)c(C(=O)NCc3c(OC)cc(C)[nH]c3=O)c3ccccc32)CC1. The summed E-state index contributed by atoms with van der Waals surface area (Å²) in [5, 5.41) is 3.88. The van der Waals surface area contributed by atoms with Crippen LogP contribution in [0.25, 0.3) is 10.9 Å². The third-order valence-electron chi connectivity index (χ3n) is 7.90. The minimum absolute atomic E-state index is 0.0759. The lowest BCUT2D eigenvalue weighted by atomic mass is 9.89. The topological polar surface area (TPSA) is 118 Å². The fourth-order valence-corrected chi connectivity index (χ4v) is 5.86. The molecule has 3 heterocycles. The molecule has 0 radical (unpaired) electrons. The van der Waals surface area contributed by atoms with Gasteiger partial charge in [-0.25, -0.2) is 0 Å². The van der Waals surface area contributed by atoms with E-state index in [-0.39, 0.29) is 24.1 Å². The molecule has 1 saturated heterocycles. The highest BCUT2D eigenvalue weighted by atomic mass is 16.5. The molecule has 208 valence electrons. The van der Waals surface area contributed by atoms with Gasteiger partial charge in [0.2, 0.25) is 0 Å². The summed E-state index contributed by atoms with van der Waals surface area (Å²) < 4.78 is 7.71. The van der Waals surface area contributed by atoms with Gasteiger partial charge in [-0.05, 0) is 76.5 Å². The minimum atomic E-state index is -0.262. The molecule has 4 rings (SSSR count). The molecule has 39 heavy (non-hydrogen) atoms. The molecule has 1 aliphatic heterocycles. The fourth-order valence-electron chi connectivity index (χ4n) is 5.86. The number of H-pyrrole nitrogens is 1. The number of hydrogen-bond donors (Lipinski definition) is 3. The van der Waals surface area contributed by atoms with Crippen molar-refractivity contribution in [2.45, 2.75) is 46.2 Å². The molecule has 0 spiro atoms. The molecule has 0 saturated carbocycles. The van der Waals surface area contributed by atoms with Gasteiger partial charge < -0.3 is 25.3 Å². The number of benzene rings is 1. The number of hydrogen-bond acceptors (Lipinski definition) is 6. The van der Waals surface area contributed by atoms with Crippen LogP contribution < -0.4 is 21.3 Å². The van der Waals surface area contributed by atoms with Crippen LogP contribution in [0.5, 0.6) is 5.75 Å². The second-order valence-corrected chi connectivity index (χ2v) is 10.3. The largest absolute Gasteiger partial charge is 0.496 e. The maximum Gasteiger partial charge on any atom is 0.256 e. The van der Waals surface area contributed by atoms with E-state index in [2.05, 4.69) is 37.8 Å². The first-order valence-electron chi connectivity index (χ1n) is 13.5. The summed E-state index contributed by atoms with van der Waals surface area (Å²) in [5.74, 6) is 0.740. The van der Waals surface area contributed by atoms with Gasteiger partial charge in [0.15, 0.2) is 0 Å². The normalized spacial score (nSPS) is 16.2. The quantitative estimate of drug-likeness (QED) is 0.363. The Hall–Kier alpha value is -3.85. The van der Waals surface area contributed by atoms with Crippen LogP contribution in [0.4, 0.5) is 0 Å². The number of fused-ring (bicyclic) bond motifs is 1. The van der Waals surface area contributed by atoms with Crippen molar-refractivity contribution in [2.24, 2.45) is 16.6 Å². The number of aliphatic imine (C=N–C) groups is 1. The lowest BCUT2D eigenvalue weighted by Crippen LogP contribution is -2.37. The fraction of sp³-hybridized carbons (Fsp3) is 0.433. The van der Waals surface area contributed by atoms with E-state index < -0.39 is 0 Å². The lowest BCUT2D eigenvalue weighted by Gasteiger charge is -2.36. The Balaban J connectivity index is 1.55. The number of aryl methyl sites for hydroxylation is 1. The molecule has 0 bridgehead atoms. The van der Waals surface area contributed by atoms with E-state index in [1.807, 2.05) is 31.3 Å². The summed E-state index contributed by atoms with van der Waals surface area (Å²) in [5.41, 5.74) is 10.3. The number of aromatic amines is 1. The van der Waals surface area contributed by atoms with Crippen LogP contribution in [0.3, 0.4) is 0 Å².